The number of nitrogens with one attached hydrogen (secondary N) is 2. The Morgan fingerprint density at radius 2 is 2.15 bits per heavy atom. The first-order chi connectivity index (χ1) is 9.15. The maximum atomic E-state index is 5.44. The second kappa shape index (κ2) is 10.7. The minimum atomic E-state index is 0. The number of hydrogen-bond donors (Lipinski definition) is 2. The Hall–Kier alpha value is -1.05. The van der Waals surface area contributed by atoms with Gasteiger partial charge in [-0.25, -0.2) is 4.98 Å². The van der Waals surface area contributed by atoms with E-state index in [2.05, 4.69) is 41.4 Å². The molecule has 2 N–H and O–H groups in total. The molecule has 0 spiro atoms. The highest BCUT2D eigenvalue weighted by molar-refractivity contribution is 14.0. The molecule has 20 heavy (non-hydrogen) atoms. The second-order valence-corrected chi connectivity index (χ2v) is 4.58. The molecule has 0 bridgehead atoms. The Morgan fingerprint density at radius 3 is 2.65 bits per heavy atom. The van der Waals surface area contributed by atoms with Crippen molar-refractivity contribution in [1.29, 1.82) is 0 Å². The van der Waals surface area contributed by atoms with E-state index in [0.717, 1.165) is 17.9 Å². The van der Waals surface area contributed by atoms with Gasteiger partial charge in [0.05, 0.1) is 6.61 Å². The van der Waals surface area contributed by atoms with Gasteiger partial charge in [-0.05, 0) is 25.8 Å². The molecule has 0 saturated carbocycles. The molecular weight excluding hydrogens is 367 g/mol. The average molecular weight is 392 g/mol. The molecule has 0 amide bonds. The molecule has 0 aliphatic carbocycles. The van der Waals surface area contributed by atoms with Crippen molar-refractivity contribution in [3.05, 3.63) is 23.9 Å². The van der Waals surface area contributed by atoms with Crippen molar-refractivity contribution in [2.75, 3.05) is 13.7 Å². The fourth-order valence-electron chi connectivity index (χ4n) is 1.46. The number of guanidine groups is 1. The molecule has 0 aliphatic rings. The number of aromatic nitrogens is 1. The third-order valence-electron chi connectivity index (χ3n) is 2.36. The summed E-state index contributed by atoms with van der Waals surface area (Å²) in [6.45, 7) is 7.62. The molecule has 1 rings (SSSR count). The molecule has 1 aromatic heterocycles. The highest BCUT2D eigenvalue weighted by Gasteiger charge is 2.01. The fraction of sp³-hybridized carbons (Fsp3) is 0.571. The number of nitrogens with zero attached hydrogens (tertiary/aromatic N) is 2. The van der Waals surface area contributed by atoms with E-state index in [4.69, 9.17) is 4.74 Å². The number of pyridine rings is 1. The Bertz CT molecular complexity index is 393. The van der Waals surface area contributed by atoms with Crippen molar-refractivity contribution in [1.82, 2.24) is 15.6 Å². The topological polar surface area (TPSA) is 58.5 Å². The molecule has 0 atom stereocenters. The molecule has 0 radical (unpaired) electrons. The fourth-order valence-corrected chi connectivity index (χ4v) is 1.46. The van der Waals surface area contributed by atoms with Crippen LogP contribution < -0.4 is 15.4 Å². The molecule has 1 aromatic rings. The van der Waals surface area contributed by atoms with E-state index in [1.807, 2.05) is 18.3 Å². The maximum absolute atomic E-state index is 5.44. The van der Waals surface area contributed by atoms with Crippen LogP contribution in [0.2, 0.25) is 0 Å². The predicted octanol–water partition coefficient (Wildman–Crippen LogP) is 2.56. The number of halogens is 1. The first-order valence-corrected chi connectivity index (χ1v) is 6.70. The lowest BCUT2D eigenvalue weighted by atomic mass is 10.3. The highest BCUT2D eigenvalue weighted by atomic mass is 127. The summed E-state index contributed by atoms with van der Waals surface area (Å²) in [5, 5.41) is 6.47. The first kappa shape index (κ1) is 18.9. The third-order valence-corrected chi connectivity index (χ3v) is 2.36. The molecule has 1 heterocycles. The monoisotopic (exact) mass is 392 g/mol. The maximum Gasteiger partial charge on any atom is 0.213 e. The van der Waals surface area contributed by atoms with Crippen LogP contribution in [-0.4, -0.2) is 30.6 Å². The molecular formula is C14H25IN4O. The van der Waals surface area contributed by atoms with E-state index < -0.39 is 0 Å². The lowest BCUT2D eigenvalue weighted by molar-refractivity contribution is 0.305. The van der Waals surface area contributed by atoms with Crippen molar-refractivity contribution < 1.29 is 4.74 Å². The van der Waals surface area contributed by atoms with E-state index in [1.165, 1.54) is 0 Å². The summed E-state index contributed by atoms with van der Waals surface area (Å²) in [4.78, 5) is 8.41. The predicted molar refractivity (Wildman–Crippen MR) is 93.9 cm³/mol. The lowest BCUT2D eigenvalue weighted by Gasteiger charge is -2.14. The van der Waals surface area contributed by atoms with Crippen molar-refractivity contribution in [2.45, 2.75) is 39.8 Å². The van der Waals surface area contributed by atoms with Crippen molar-refractivity contribution >= 4 is 29.9 Å². The summed E-state index contributed by atoms with van der Waals surface area (Å²) >= 11 is 0. The van der Waals surface area contributed by atoms with E-state index in [-0.39, 0.29) is 24.0 Å². The van der Waals surface area contributed by atoms with Gasteiger partial charge >= 0.3 is 0 Å². The summed E-state index contributed by atoms with van der Waals surface area (Å²) in [5.41, 5.74) is 1.09. The van der Waals surface area contributed by atoms with Crippen LogP contribution in [-0.2, 0) is 6.54 Å². The van der Waals surface area contributed by atoms with Gasteiger partial charge in [-0.1, -0.05) is 13.0 Å². The zero-order valence-electron chi connectivity index (χ0n) is 12.6. The lowest BCUT2D eigenvalue weighted by Crippen LogP contribution is -2.40. The van der Waals surface area contributed by atoms with Crippen molar-refractivity contribution in [3.63, 3.8) is 0 Å². The first-order valence-electron chi connectivity index (χ1n) is 6.70. The largest absolute Gasteiger partial charge is 0.478 e. The Labute approximate surface area is 138 Å². The Morgan fingerprint density at radius 1 is 1.40 bits per heavy atom. The summed E-state index contributed by atoms with van der Waals surface area (Å²) in [6.07, 6.45) is 2.81. The van der Waals surface area contributed by atoms with Gasteiger partial charge in [0.1, 0.15) is 0 Å². The van der Waals surface area contributed by atoms with Crippen molar-refractivity contribution in [3.8, 4) is 5.88 Å². The van der Waals surface area contributed by atoms with Crippen LogP contribution in [0.15, 0.2) is 23.3 Å². The quantitative estimate of drug-likeness (QED) is 0.444. The summed E-state index contributed by atoms with van der Waals surface area (Å²) < 4.78 is 5.44. The molecule has 114 valence electrons. The van der Waals surface area contributed by atoms with Crippen LogP contribution in [0, 0.1) is 0 Å². The van der Waals surface area contributed by atoms with Crippen molar-refractivity contribution in [2.24, 2.45) is 4.99 Å². The van der Waals surface area contributed by atoms with E-state index in [9.17, 15) is 0 Å². The van der Waals surface area contributed by atoms with E-state index >= 15 is 0 Å². The zero-order valence-corrected chi connectivity index (χ0v) is 15.0. The van der Waals surface area contributed by atoms with Gasteiger partial charge in [0.25, 0.3) is 0 Å². The van der Waals surface area contributed by atoms with Gasteiger partial charge in [0, 0.05) is 31.9 Å². The van der Waals surface area contributed by atoms with Gasteiger partial charge in [-0.3, -0.25) is 4.99 Å². The van der Waals surface area contributed by atoms with Crippen LogP contribution >= 0.6 is 24.0 Å². The van der Waals surface area contributed by atoms with Crippen LogP contribution in [0.25, 0.3) is 0 Å². The van der Waals surface area contributed by atoms with E-state index in [1.54, 1.807) is 7.05 Å². The van der Waals surface area contributed by atoms with Crippen LogP contribution in [0.1, 0.15) is 32.8 Å². The number of hydrogen-bond acceptors (Lipinski definition) is 3. The number of aliphatic imine (C=N–C) groups is 1. The van der Waals surface area contributed by atoms with Crippen LogP contribution in [0.4, 0.5) is 0 Å². The molecule has 0 unspecified atom stereocenters. The Balaban J connectivity index is 0.00000361. The van der Waals surface area contributed by atoms with Crippen LogP contribution in [0.3, 0.4) is 0 Å². The van der Waals surface area contributed by atoms with Gasteiger partial charge in [0.2, 0.25) is 5.88 Å². The zero-order chi connectivity index (χ0) is 14.1. The summed E-state index contributed by atoms with van der Waals surface area (Å²) in [6, 6.07) is 4.26. The minimum absolute atomic E-state index is 0. The van der Waals surface area contributed by atoms with Crippen LogP contribution in [0.5, 0.6) is 5.88 Å². The molecule has 0 fully saturated rings. The van der Waals surface area contributed by atoms with Gasteiger partial charge in [0.15, 0.2) is 5.96 Å². The number of rotatable bonds is 6. The highest BCUT2D eigenvalue weighted by Crippen LogP contribution is 2.07. The molecule has 0 aromatic carbocycles. The van der Waals surface area contributed by atoms with Gasteiger partial charge in [-0.2, -0.15) is 0 Å². The normalized spacial score (nSPS) is 10.9. The summed E-state index contributed by atoms with van der Waals surface area (Å²) in [5.74, 6) is 1.47. The molecule has 0 aliphatic heterocycles. The molecule has 6 heteroatoms. The molecule has 0 saturated heterocycles. The Kier molecular flexibility index (Phi) is 10.1. The standard InChI is InChI=1S/C14H24N4O.HI/c1-5-8-19-13-7-6-12(9-16-13)10-17-14(15-4)18-11(2)3;/h6-7,9,11H,5,8,10H2,1-4H3,(H2,15,17,18);1H. The third kappa shape index (κ3) is 7.52. The molecule has 5 nitrogen and oxygen atoms in total. The van der Waals surface area contributed by atoms with Gasteiger partial charge in [-0.15, -0.1) is 24.0 Å². The smallest absolute Gasteiger partial charge is 0.213 e. The van der Waals surface area contributed by atoms with Gasteiger partial charge < -0.3 is 15.4 Å². The number of ether oxygens (including phenoxy) is 1. The SMILES string of the molecule is CCCOc1ccc(CNC(=NC)NC(C)C)cn1.I. The summed E-state index contributed by atoms with van der Waals surface area (Å²) in [7, 11) is 1.76. The minimum Gasteiger partial charge on any atom is -0.478 e. The second-order valence-electron chi connectivity index (χ2n) is 4.58. The van der Waals surface area contributed by atoms with E-state index in [0.29, 0.717) is 25.1 Å². The average Bonchev–Trinajstić information content (AvgIpc) is 2.42.